The fraction of sp³-hybridized carbons (Fsp3) is 0.833. The van der Waals surface area contributed by atoms with Gasteiger partial charge in [-0.1, -0.05) is 0 Å². The van der Waals surface area contributed by atoms with E-state index in [1.807, 2.05) is 0 Å². The van der Waals surface area contributed by atoms with Crippen LogP contribution in [0.4, 0.5) is 0 Å². The summed E-state index contributed by atoms with van der Waals surface area (Å²) in [6.45, 7) is 0. The molecular formula is C6H11ClN2O. The van der Waals surface area contributed by atoms with E-state index in [9.17, 15) is 4.79 Å². The smallest absolute Gasteiger partial charge is 0.234 e. The molecule has 3 N–H and O–H groups in total. The third-order valence-corrected chi connectivity index (χ3v) is 2.22. The predicted octanol–water partition coefficient (Wildman–Crippen LogP) is -0.356. The second-order valence-electron chi connectivity index (χ2n) is 2.96. The minimum atomic E-state index is -0.192. The topological polar surface area (TPSA) is 55.1 Å². The molecule has 3 nitrogen and oxygen atoms in total. The summed E-state index contributed by atoms with van der Waals surface area (Å²) in [6, 6.07) is 0.608. The molecule has 0 radical (unpaired) electrons. The van der Waals surface area contributed by atoms with Crippen LogP contribution in [-0.4, -0.2) is 18.0 Å². The summed E-state index contributed by atoms with van der Waals surface area (Å²) in [6.07, 6.45) is 2.23. The maximum absolute atomic E-state index is 10.5. The van der Waals surface area contributed by atoms with Gasteiger partial charge in [0.15, 0.2) is 0 Å². The standard InChI is InChI=1S/C6H10N2O.ClH/c7-6(9)5-2-3-1-4(3)8-5;/h3-5,8H,1-2H2,(H2,7,9);1H/t3-,4-,5-;/m1./s1. The van der Waals surface area contributed by atoms with Gasteiger partial charge in [0.2, 0.25) is 5.91 Å². The van der Waals surface area contributed by atoms with Gasteiger partial charge in [-0.3, -0.25) is 4.79 Å². The fourth-order valence-corrected chi connectivity index (χ4v) is 1.54. The number of piperidine rings is 1. The van der Waals surface area contributed by atoms with Crippen LogP contribution in [0.5, 0.6) is 0 Å². The summed E-state index contributed by atoms with van der Waals surface area (Å²) < 4.78 is 0. The third-order valence-electron chi connectivity index (χ3n) is 2.22. The number of nitrogens with one attached hydrogen (secondary N) is 1. The van der Waals surface area contributed by atoms with Gasteiger partial charge in [-0.2, -0.15) is 0 Å². The van der Waals surface area contributed by atoms with Crippen molar-refractivity contribution in [1.29, 1.82) is 0 Å². The summed E-state index contributed by atoms with van der Waals surface area (Å²) >= 11 is 0. The second kappa shape index (κ2) is 2.40. The first-order valence-corrected chi connectivity index (χ1v) is 3.33. The summed E-state index contributed by atoms with van der Waals surface area (Å²) in [5, 5.41) is 3.15. The van der Waals surface area contributed by atoms with Crippen molar-refractivity contribution in [3.8, 4) is 0 Å². The van der Waals surface area contributed by atoms with E-state index >= 15 is 0 Å². The molecule has 10 heavy (non-hydrogen) atoms. The second-order valence-corrected chi connectivity index (χ2v) is 2.96. The predicted molar refractivity (Wildman–Crippen MR) is 39.9 cm³/mol. The number of carbonyl (C=O) groups excluding carboxylic acids is 1. The van der Waals surface area contributed by atoms with Gasteiger partial charge in [0.05, 0.1) is 6.04 Å². The van der Waals surface area contributed by atoms with Gasteiger partial charge < -0.3 is 11.1 Å². The van der Waals surface area contributed by atoms with Gasteiger partial charge in [0, 0.05) is 6.04 Å². The highest BCUT2D eigenvalue weighted by molar-refractivity contribution is 5.85. The Morgan fingerprint density at radius 3 is 2.50 bits per heavy atom. The molecule has 58 valence electrons. The zero-order chi connectivity index (χ0) is 6.43. The van der Waals surface area contributed by atoms with Crippen LogP contribution in [-0.2, 0) is 4.79 Å². The zero-order valence-electron chi connectivity index (χ0n) is 5.54. The van der Waals surface area contributed by atoms with Gasteiger partial charge in [0.1, 0.15) is 0 Å². The van der Waals surface area contributed by atoms with E-state index in [4.69, 9.17) is 5.73 Å². The van der Waals surface area contributed by atoms with Crippen molar-refractivity contribution in [3.63, 3.8) is 0 Å². The number of carbonyl (C=O) groups is 1. The largest absolute Gasteiger partial charge is 0.368 e. The van der Waals surface area contributed by atoms with Crippen molar-refractivity contribution < 1.29 is 4.79 Å². The molecule has 0 spiro atoms. The van der Waals surface area contributed by atoms with Crippen molar-refractivity contribution in [3.05, 3.63) is 0 Å². The van der Waals surface area contributed by atoms with Crippen LogP contribution in [0.15, 0.2) is 0 Å². The van der Waals surface area contributed by atoms with Crippen molar-refractivity contribution in [2.45, 2.75) is 24.9 Å². The van der Waals surface area contributed by atoms with Gasteiger partial charge in [-0.15, -0.1) is 12.4 Å². The van der Waals surface area contributed by atoms with E-state index in [1.165, 1.54) is 6.42 Å². The Hall–Kier alpha value is -0.280. The van der Waals surface area contributed by atoms with Gasteiger partial charge in [0.25, 0.3) is 0 Å². The summed E-state index contributed by atoms with van der Waals surface area (Å²) in [5.41, 5.74) is 5.08. The first-order valence-electron chi connectivity index (χ1n) is 3.33. The number of hydrogen-bond donors (Lipinski definition) is 2. The van der Waals surface area contributed by atoms with Crippen molar-refractivity contribution >= 4 is 18.3 Å². The number of amides is 1. The molecule has 2 aliphatic rings. The summed E-state index contributed by atoms with van der Waals surface area (Å²) in [5.74, 6) is 0.574. The first kappa shape index (κ1) is 7.82. The van der Waals surface area contributed by atoms with E-state index in [1.54, 1.807) is 0 Å². The SMILES string of the molecule is Cl.NC(=O)[C@H]1C[C@H]2C[C@H]2N1. The van der Waals surface area contributed by atoms with E-state index in [0.29, 0.717) is 6.04 Å². The zero-order valence-corrected chi connectivity index (χ0v) is 6.36. The molecule has 1 saturated carbocycles. The molecule has 2 rings (SSSR count). The van der Waals surface area contributed by atoms with Crippen LogP contribution in [0.2, 0.25) is 0 Å². The van der Waals surface area contributed by atoms with Crippen LogP contribution < -0.4 is 11.1 Å². The molecule has 3 atom stereocenters. The molecule has 0 unspecified atom stereocenters. The maximum Gasteiger partial charge on any atom is 0.234 e. The lowest BCUT2D eigenvalue weighted by molar-refractivity contribution is -0.119. The highest BCUT2D eigenvalue weighted by Crippen LogP contribution is 2.40. The molecular weight excluding hydrogens is 152 g/mol. The molecule has 1 amide bonds. The minimum absolute atomic E-state index is 0. The van der Waals surface area contributed by atoms with Gasteiger partial charge in [-0.05, 0) is 18.8 Å². The number of primary amides is 1. The Bertz CT molecular complexity index is 152. The molecule has 4 heteroatoms. The number of fused-ring (bicyclic) bond motifs is 1. The summed E-state index contributed by atoms with van der Waals surface area (Å²) in [4.78, 5) is 10.5. The Kier molecular flexibility index (Phi) is 1.88. The number of hydrogen-bond acceptors (Lipinski definition) is 2. The number of rotatable bonds is 1. The molecule has 0 aromatic carbocycles. The van der Waals surface area contributed by atoms with E-state index < -0.39 is 0 Å². The van der Waals surface area contributed by atoms with Crippen molar-refractivity contribution in [1.82, 2.24) is 5.32 Å². The average molecular weight is 163 g/mol. The average Bonchev–Trinajstić information content (AvgIpc) is 2.40. The van der Waals surface area contributed by atoms with Crippen LogP contribution in [0.25, 0.3) is 0 Å². The highest BCUT2D eigenvalue weighted by Gasteiger charge is 2.47. The van der Waals surface area contributed by atoms with E-state index in [0.717, 1.165) is 12.3 Å². The normalized spacial score (nSPS) is 41.8. The molecule has 1 saturated heterocycles. The van der Waals surface area contributed by atoms with Crippen LogP contribution >= 0.6 is 12.4 Å². The van der Waals surface area contributed by atoms with E-state index in [2.05, 4.69) is 5.32 Å². The highest BCUT2D eigenvalue weighted by atomic mass is 35.5. The number of halogens is 1. The van der Waals surface area contributed by atoms with Crippen LogP contribution in [0.1, 0.15) is 12.8 Å². The Morgan fingerprint density at radius 2 is 2.20 bits per heavy atom. The minimum Gasteiger partial charge on any atom is -0.368 e. The fourth-order valence-electron chi connectivity index (χ4n) is 1.54. The van der Waals surface area contributed by atoms with Gasteiger partial charge >= 0.3 is 0 Å². The van der Waals surface area contributed by atoms with Gasteiger partial charge in [-0.25, -0.2) is 0 Å². The summed E-state index contributed by atoms with van der Waals surface area (Å²) in [7, 11) is 0. The van der Waals surface area contributed by atoms with E-state index in [-0.39, 0.29) is 24.4 Å². The lowest BCUT2D eigenvalue weighted by atomic mass is 10.2. The van der Waals surface area contributed by atoms with Crippen LogP contribution in [0.3, 0.4) is 0 Å². The lowest BCUT2D eigenvalue weighted by Crippen LogP contribution is -2.38. The molecule has 0 bridgehead atoms. The third kappa shape index (κ3) is 1.11. The molecule has 0 aromatic rings. The maximum atomic E-state index is 10.5. The Labute approximate surface area is 65.8 Å². The monoisotopic (exact) mass is 162 g/mol. The first-order chi connectivity index (χ1) is 4.27. The molecule has 1 aliphatic heterocycles. The molecule has 1 aliphatic carbocycles. The molecule has 1 heterocycles. The van der Waals surface area contributed by atoms with Crippen LogP contribution in [0, 0.1) is 5.92 Å². The van der Waals surface area contributed by atoms with Crippen molar-refractivity contribution in [2.24, 2.45) is 11.7 Å². The molecule has 2 fully saturated rings. The Morgan fingerprint density at radius 1 is 1.50 bits per heavy atom. The van der Waals surface area contributed by atoms with Crippen molar-refractivity contribution in [2.75, 3.05) is 0 Å². The molecule has 0 aromatic heterocycles. The number of nitrogens with two attached hydrogens (primary N) is 1. The quantitative estimate of drug-likeness (QED) is 0.554. The Balaban J connectivity index is 0.000000500. The lowest BCUT2D eigenvalue weighted by Gasteiger charge is -2.06.